The first-order valence-corrected chi connectivity index (χ1v) is 3.03. The van der Waals surface area contributed by atoms with E-state index in [1.54, 1.807) is 5.48 Å². The van der Waals surface area contributed by atoms with Crippen molar-refractivity contribution in [3.8, 4) is 0 Å². The van der Waals surface area contributed by atoms with Crippen molar-refractivity contribution in [1.29, 1.82) is 0 Å². The van der Waals surface area contributed by atoms with Gasteiger partial charge in [-0.1, -0.05) is 36.5 Å². The molecule has 0 heterocycles. The Morgan fingerprint density at radius 2 is 1.70 bits per heavy atom. The normalized spacial score (nSPS) is 15.1. The lowest BCUT2D eigenvalue weighted by Gasteiger charge is -2.01. The second-order valence-corrected chi connectivity index (χ2v) is 1.87. The fourth-order valence-electron chi connectivity index (χ4n) is 0.681. The molecular formula is C8H8NO-. The molecular weight excluding hydrogens is 126 g/mol. The number of hydrogen-bond donors (Lipinski definition) is 1. The summed E-state index contributed by atoms with van der Waals surface area (Å²) >= 11 is 0. The second-order valence-electron chi connectivity index (χ2n) is 1.87. The average molecular weight is 134 g/mol. The van der Waals surface area contributed by atoms with Crippen LogP contribution in [-0.4, -0.2) is 0 Å². The molecule has 1 aliphatic rings. The van der Waals surface area contributed by atoms with Crippen LogP contribution in [0.1, 0.15) is 0 Å². The summed E-state index contributed by atoms with van der Waals surface area (Å²) in [7, 11) is 0. The van der Waals surface area contributed by atoms with Crippen LogP contribution in [0.5, 0.6) is 0 Å². The fourth-order valence-corrected chi connectivity index (χ4v) is 0.681. The number of hydroxylamine groups is 1. The van der Waals surface area contributed by atoms with Gasteiger partial charge in [0, 0.05) is 0 Å². The zero-order valence-corrected chi connectivity index (χ0v) is 5.45. The Morgan fingerprint density at radius 1 is 1.10 bits per heavy atom. The average Bonchev–Trinajstić information content (AvgIpc) is 2.17. The van der Waals surface area contributed by atoms with Crippen molar-refractivity contribution >= 4 is 0 Å². The Hall–Kier alpha value is -1.28. The van der Waals surface area contributed by atoms with Gasteiger partial charge in [0.25, 0.3) is 0 Å². The number of allylic oxidation sites excluding steroid dienone is 7. The van der Waals surface area contributed by atoms with Crippen molar-refractivity contribution in [1.82, 2.24) is 5.48 Å². The molecule has 0 aromatic carbocycles. The van der Waals surface area contributed by atoms with Crippen molar-refractivity contribution < 1.29 is 0 Å². The summed E-state index contributed by atoms with van der Waals surface area (Å²) in [5.74, 6) is 0. The predicted octanol–water partition coefficient (Wildman–Crippen LogP) is 1.64. The van der Waals surface area contributed by atoms with Crippen LogP contribution in [0.15, 0.2) is 48.2 Å². The SMILES string of the molecule is [O-]NC=C1C=CC=CC=C1. The zero-order valence-electron chi connectivity index (χ0n) is 5.45. The molecule has 10 heavy (non-hydrogen) atoms. The Morgan fingerprint density at radius 3 is 2.20 bits per heavy atom. The molecule has 0 radical (unpaired) electrons. The van der Waals surface area contributed by atoms with Gasteiger partial charge in [0.05, 0.1) is 0 Å². The summed E-state index contributed by atoms with van der Waals surface area (Å²) in [6.45, 7) is 0. The lowest BCUT2D eigenvalue weighted by molar-refractivity contribution is 1.20. The summed E-state index contributed by atoms with van der Waals surface area (Å²) in [5.41, 5.74) is 2.60. The highest BCUT2D eigenvalue weighted by Gasteiger charge is 1.82. The highest BCUT2D eigenvalue weighted by molar-refractivity contribution is 5.36. The molecule has 2 heteroatoms. The molecule has 52 valence electrons. The maximum atomic E-state index is 9.90. The van der Waals surface area contributed by atoms with E-state index in [1.807, 2.05) is 36.5 Å². The third kappa shape index (κ3) is 1.91. The first-order valence-electron chi connectivity index (χ1n) is 3.03. The molecule has 0 bridgehead atoms. The summed E-state index contributed by atoms with van der Waals surface area (Å²) in [6.07, 6.45) is 12.7. The predicted molar refractivity (Wildman–Crippen MR) is 42.0 cm³/mol. The van der Waals surface area contributed by atoms with Gasteiger partial charge in [0.2, 0.25) is 0 Å². The van der Waals surface area contributed by atoms with E-state index in [-0.39, 0.29) is 0 Å². The van der Waals surface area contributed by atoms with E-state index in [9.17, 15) is 5.21 Å². The van der Waals surface area contributed by atoms with Crippen LogP contribution >= 0.6 is 0 Å². The van der Waals surface area contributed by atoms with Crippen molar-refractivity contribution in [3.63, 3.8) is 0 Å². The maximum absolute atomic E-state index is 9.90. The Labute approximate surface area is 59.8 Å². The van der Waals surface area contributed by atoms with E-state index in [0.717, 1.165) is 5.57 Å². The molecule has 1 N–H and O–H groups in total. The standard InChI is InChI=1S/C8H8NO/c10-9-7-8-5-3-1-2-4-6-8/h1-7,9H/q-1. The second kappa shape index (κ2) is 3.69. The van der Waals surface area contributed by atoms with Gasteiger partial charge in [-0.15, -0.1) is 0 Å². The summed E-state index contributed by atoms with van der Waals surface area (Å²) in [6, 6.07) is 0. The van der Waals surface area contributed by atoms with Crippen LogP contribution in [0.25, 0.3) is 0 Å². The molecule has 0 saturated carbocycles. The minimum absolute atomic E-state index is 0.875. The van der Waals surface area contributed by atoms with Gasteiger partial charge in [-0.25, -0.2) is 0 Å². The Bertz CT molecular complexity index is 193. The molecule has 0 fully saturated rings. The van der Waals surface area contributed by atoms with Gasteiger partial charge in [-0.05, 0) is 11.8 Å². The molecule has 0 amide bonds. The van der Waals surface area contributed by atoms with Crippen LogP contribution in [0.4, 0.5) is 0 Å². The molecule has 0 aromatic heterocycles. The fraction of sp³-hybridized carbons (Fsp3) is 0. The van der Waals surface area contributed by atoms with Crippen LogP contribution in [0.3, 0.4) is 0 Å². The van der Waals surface area contributed by atoms with Gasteiger partial charge in [-0.3, -0.25) is 0 Å². The third-order valence-electron chi connectivity index (χ3n) is 1.14. The lowest BCUT2D eigenvalue weighted by atomic mass is 10.2. The van der Waals surface area contributed by atoms with E-state index >= 15 is 0 Å². The Balaban J connectivity index is 2.72. The minimum Gasteiger partial charge on any atom is -0.761 e. The molecule has 0 saturated heterocycles. The summed E-state index contributed by atoms with van der Waals surface area (Å²) in [4.78, 5) is 0. The topological polar surface area (TPSA) is 35.1 Å². The summed E-state index contributed by atoms with van der Waals surface area (Å²) in [5, 5.41) is 9.90. The van der Waals surface area contributed by atoms with E-state index in [1.165, 1.54) is 6.20 Å². The van der Waals surface area contributed by atoms with Crippen LogP contribution in [0, 0.1) is 5.21 Å². The van der Waals surface area contributed by atoms with E-state index in [2.05, 4.69) is 0 Å². The molecule has 2 nitrogen and oxygen atoms in total. The minimum atomic E-state index is 0.875. The lowest BCUT2D eigenvalue weighted by Crippen LogP contribution is -1.89. The number of nitrogens with one attached hydrogen (secondary N) is 1. The van der Waals surface area contributed by atoms with Crippen LogP contribution in [-0.2, 0) is 0 Å². The van der Waals surface area contributed by atoms with Gasteiger partial charge in [0.15, 0.2) is 0 Å². The molecule has 0 aliphatic heterocycles. The smallest absolute Gasteiger partial charge is 0.00696 e. The first kappa shape index (κ1) is 6.83. The highest BCUT2D eigenvalue weighted by atomic mass is 16.5. The molecule has 0 atom stereocenters. The van der Waals surface area contributed by atoms with Crippen LogP contribution in [0.2, 0.25) is 0 Å². The zero-order chi connectivity index (χ0) is 7.23. The quantitative estimate of drug-likeness (QED) is 0.553. The first-order chi connectivity index (χ1) is 4.93. The van der Waals surface area contributed by atoms with E-state index < -0.39 is 0 Å². The molecule has 0 unspecified atom stereocenters. The number of hydrogen-bond acceptors (Lipinski definition) is 2. The van der Waals surface area contributed by atoms with Crippen LogP contribution < -0.4 is 5.48 Å². The number of rotatable bonds is 1. The van der Waals surface area contributed by atoms with Crippen molar-refractivity contribution in [3.05, 3.63) is 53.4 Å². The Kier molecular flexibility index (Phi) is 2.52. The molecule has 0 spiro atoms. The maximum Gasteiger partial charge on any atom is -0.00696 e. The van der Waals surface area contributed by atoms with Gasteiger partial charge in [0.1, 0.15) is 0 Å². The van der Waals surface area contributed by atoms with E-state index in [0.29, 0.717) is 0 Å². The van der Waals surface area contributed by atoms with Gasteiger partial charge < -0.3 is 10.7 Å². The molecule has 0 aromatic rings. The van der Waals surface area contributed by atoms with Crippen molar-refractivity contribution in [2.24, 2.45) is 0 Å². The third-order valence-corrected chi connectivity index (χ3v) is 1.14. The molecule has 1 aliphatic carbocycles. The van der Waals surface area contributed by atoms with Crippen molar-refractivity contribution in [2.45, 2.75) is 0 Å². The van der Waals surface area contributed by atoms with Gasteiger partial charge >= 0.3 is 0 Å². The summed E-state index contributed by atoms with van der Waals surface area (Å²) < 4.78 is 0. The largest absolute Gasteiger partial charge is 0.761 e. The van der Waals surface area contributed by atoms with Crippen molar-refractivity contribution in [2.75, 3.05) is 0 Å². The monoisotopic (exact) mass is 134 g/mol. The highest BCUT2D eigenvalue weighted by Crippen LogP contribution is 2.01. The van der Waals surface area contributed by atoms with Gasteiger partial charge in [-0.2, -0.15) is 0 Å². The molecule has 1 rings (SSSR count). The van der Waals surface area contributed by atoms with E-state index in [4.69, 9.17) is 0 Å².